The van der Waals surface area contributed by atoms with Crippen molar-refractivity contribution >= 4 is 10.9 Å². The molecular weight excluding hydrogens is 248 g/mol. The van der Waals surface area contributed by atoms with Crippen LogP contribution in [0.1, 0.15) is 31.5 Å². The molecule has 0 radical (unpaired) electrons. The topological polar surface area (TPSA) is 39.3 Å². The van der Waals surface area contributed by atoms with Gasteiger partial charge in [0.05, 0.1) is 0 Å². The number of phenolic OH excluding ortho intramolecular Hbond substituents is 1. The van der Waals surface area contributed by atoms with Crippen LogP contribution in [0.5, 0.6) is 5.75 Å². The Kier molecular flexibility index (Phi) is 3.70. The van der Waals surface area contributed by atoms with Crippen LogP contribution in [0.25, 0.3) is 10.9 Å². The fraction of sp³-hybridized carbons (Fsp3) is 0.529. The Morgan fingerprint density at radius 2 is 2.10 bits per heavy atom. The maximum atomic E-state index is 9.72. The minimum atomic E-state index is 0.366. The number of benzene rings is 1. The second-order valence-corrected chi connectivity index (χ2v) is 5.91. The Labute approximate surface area is 120 Å². The molecule has 3 rings (SSSR count). The molecule has 1 atom stereocenters. The maximum absolute atomic E-state index is 9.72. The summed E-state index contributed by atoms with van der Waals surface area (Å²) in [7, 11) is 0. The lowest BCUT2D eigenvalue weighted by Crippen LogP contribution is -2.31. The van der Waals surface area contributed by atoms with E-state index in [1.54, 1.807) is 6.07 Å². The summed E-state index contributed by atoms with van der Waals surface area (Å²) in [4.78, 5) is 6.04. The van der Waals surface area contributed by atoms with Crippen molar-refractivity contribution in [1.29, 1.82) is 0 Å². The van der Waals surface area contributed by atoms with E-state index in [2.05, 4.69) is 23.7 Å². The third kappa shape index (κ3) is 2.42. The normalized spacial score (nSPS) is 18.6. The van der Waals surface area contributed by atoms with Gasteiger partial charge in [0, 0.05) is 23.1 Å². The van der Waals surface area contributed by atoms with Gasteiger partial charge in [0.15, 0.2) is 0 Å². The summed E-state index contributed by atoms with van der Waals surface area (Å²) in [6.07, 6.45) is 3.54. The number of aromatic nitrogens is 1. The summed E-state index contributed by atoms with van der Waals surface area (Å²) in [5.41, 5.74) is 3.97. The van der Waals surface area contributed by atoms with Crippen LogP contribution < -0.4 is 0 Å². The van der Waals surface area contributed by atoms with Crippen molar-refractivity contribution in [2.24, 2.45) is 5.92 Å². The molecule has 2 N–H and O–H groups in total. The molecule has 1 heterocycles. The monoisotopic (exact) mass is 272 g/mol. The van der Waals surface area contributed by atoms with Crippen molar-refractivity contribution in [2.45, 2.75) is 33.1 Å². The van der Waals surface area contributed by atoms with E-state index in [0.717, 1.165) is 37.4 Å². The van der Waals surface area contributed by atoms with E-state index < -0.39 is 0 Å². The van der Waals surface area contributed by atoms with E-state index in [9.17, 15) is 5.11 Å². The largest absolute Gasteiger partial charge is 0.508 e. The molecule has 1 aromatic heterocycles. The first-order chi connectivity index (χ1) is 9.71. The fourth-order valence-corrected chi connectivity index (χ4v) is 3.48. The molecule has 2 aromatic rings. The number of phenols is 1. The molecule has 1 aliphatic carbocycles. The zero-order chi connectivity index (χ0) is 14.1. The van der Waals surface area contributed by atoms with Crippen LogP contribution in [0, 0.1) is 5.92 Å². The summed E-state index contributed by atoms with van der Waals surface area (Å²) in [5.74, 6) is 1.11. The third-order valence-electron chi connectivity index (χ3n) is 4.68. The zero-order valence-corrected chi connectivity index (χ0v) is 12.4. The average molecular weight is 272 g/mol. The molecule has 1 unspecified atom stereocenters. The van der Waals surface area contributed by atoms with Crippen LogP contribution in [-0.4, -0.2) is 34.6 Å². The van der Waals surface area contributed by atoms with Crippen LogP contribution in [0.2, 0.25) is 0 Å². The van der Waals surface area contributed by atoms with E-state index in [1.807, 2.05) is 12.1 Å². The number of aryl methyl sites for hydroxylation is 1. The molecular formula is C17H24N2O. The molecule has 0 saturated carbocycles. The molecule has 0 saturated heterocycles. The summed E-state index contributed by atoms with van der Waals surface area (Å²) in [6, 6.07) is 5.66. The van der Waals surface area contributed by atoms with Crippen molar-refractivity contribution in [3.05, 3.63) is 29.5 Å². The molecule has 3 nitrogen and oxygen atoms in total. The quantitative estimate of drug-likeness (QED) is 0.896. The van der Waals surface area contributed by atoms with Crippen molar-refractivity contribution in [1.82, 2.24) is 9.88 Å². The highest BCUT2D eigenvalue weighted by Gasteiger charge is 2.23. The highest BCUT2D eigenvalue weighted by Crippen LogP contribution is 2.33. The van der Waals surface area contributed by atoms with Crippen LogP contribution >= 0.6 is 0 Å². The lowest BCUT2D eigenvalue weighted by Gasteiger charge is -2.28. The SMILES string of the molecule is CCN(CC)CC1CCc2[nH]c3ccc(O)cc3c2C1. The minimum absolute atomic E-state index is 0.366. The minimum Gasteiger partial charge on any atom is -0.508 e. The Morgan fingerprint density at radius 1 is 1.30 bits per heavy atom. The maximum Gasteiger partial charge on any atom is 0.116 e. The number of hydrogen-bond donors (Lipinski definition) is 2. The van der Waals surface area contributed by atoms with Gasteiger partial charge in [0.1, 0.15) is 5.75 Å². The highest BCUT2D eigenvalue weighted by molar-refractivity contribution is 5.86. The summed E-state index contributed by atoms with van der Waals surface area (Å²) in [5, 5.41) is 10.9. The summed E-state index contributed by atoms with van der Waals surface area (Å²) in [6.45, 7) is 7.93. The van der Waals surface area contributed by atoms with Gasteiger partial charge in [-0.25, -0.2) is 0 Å². The van der Waals surface area contributed by atoms with Crippen LogP contribution in [0.15, 0.2) is 18.2 Å². The molecule has 0 spiro atoms. The van der Waals surface area contributed by atoms with E-state index in [1.165, 1.54) is 29.6 Å². The van der Waals surface area contributed by atoms with Gasteiger partial charge in [-0.15, -0.1) is 0 Å². The molecule has 0 aliphatic heterocycles. The van der Waals surface area contributed by atoms with Crippen LogP contribution in [0.4, 0.5) is 0 Å². The molecule has 3 heteroatoms. The second-order valence-electron chi connectivity index (χ2n) is 5.91. The predicted octanol–water partition coefficient (Wildman–Crippen LogP) is 3.32. The van der Waals surface area contributed by atoms with E-state index >= 15 is 0 Å². The second kappa shape index (κ2) is 5.49. The molecule has 20 heavy (non-hydrogen) atoms. The number of aromatic hydroxyl groups is 1. The van der Waals surface area contributed by atoms with Gasteiger partial charge in [-0.05, 0) is 62.0 Å². The van der Waals surface area contributed by atoms with Crippen molar-refractivity contribution < 1.29 is 5.11 Å². The number of hydrogen-bond acceptors (Lipinski definition) is 2. The average Bonchev–Trinajstić information content (AvgIpc) is 2.82. The molecule has 0 bridgehead atoms. The molecule has 0 fully saturated rings. The Balaban J connectivity index is 1.86. The smallest absolute Gasteiger partial charge is 0.116 e. The number of fused-ring (bicyclic) bond motifs is 3. The number of nitrogens with zero attached hydrogens (tertiary/aromatic N) is 1. The predicted molar refractivity (Wildman–Crippen MR) is 83.3 cm³/mol. The van der Waals surface area contributed by atoms with Gasteiger partial charge >= 0.3 is 0 Å². The fourth-order valence-electron chi connectivity index (χ4n) is 3.48. The lowest BCUT2D eigenvalue weighted by atomic mass is 9.86. The Morgan fingerprint density at radius 3 is 2.85 bits per heavy atom. The first-order valence-electron chi connectivity index (χ1n) is 7.76. The Bertz CT molecular complexity index is 598. The molecule has 1 aliphatic rings. The lowest BCUT2D eigenvalue weighted by molar-refractivity contribution is 0.239. The van der Waals surface area contributed by atoms with Crippen LogP contribution in [0.3, 0.4) is 0 Å². The third-order valence-corrected chi connectivity index (χ3v) is 4.68. The van der Waals surface area contributed by atoms with Gasteiger partial charge in [-0.3, -0.25) is 0 Å². The van der Waals surface area contributed by atoms with Gasteiger partial charge in [-0.1, -0.05) is 13.8 Å². The van der Waals surface area contributed by atoms with Gasteiger partial charge in [0.2, 0.25) is 0 Å². The number of H-pyrrole nitrogens is 1. The number of aromatic amines is 1. The van der Waals surface area contributed by atoms with E-state index in [4.69, 9.17) is 0 Å². The first kappa shape index (κ1) is 13.5. The summed E-state index contributed by atoms with van der Waals surface area (Å²) < 4.78 is 0. The van der Waals surface area contributed by atoms with Crippen molar-refractivity contribution in [2.75, 3.05) is 19.6 Å². The zero-order valence-electron chi connectivity index (χ0n) is 12.4. The first-order valence-corrected chi connectivity index (χ1v) is 7.76. The van der Waals surface area contributed by atoms with Gasteiger partial charge in [0.25, 0.3) is 0 Å². The van der Waals surface area contributed by atoms with Gasteiger partial charge < -0.3 is 15.0 Å². The van der Waals surface area contributed by atoms with Crippen LogP contribution in [-0.2, 0) is 12.8 Å². The number of rotatable bonds is 4. The van der Waals surface area contributed by atoms with Gasteiger partial charge in [-0.2, -0.15) is 0 Å². The van der Waals surface area contributed by atoms with Crippen molar-refractivity contribution in [3.63, 3.8) is 0 Å². The standard InChI is InChI=1S/C17H24N2O/c1-3-19(4-2)11-12-5-7-16-14(9-12)15-10-13(20)6-8-17(15)18-16/h6,8,10,12,18,20H,3-5,7,9,11H2,1-2H3. The molecule has 108 valence electrons. The Hall–Kier alpha value is -1.48. The molecule has 0 amide bonds. The number of nitrogens with one attached hydrogen (secondary N) is 1. The summed E-state index contributed by atoms with van der Waals surface area (Å²) >= 11 is 0. The van der Waals surface area contributed by atoms with E-state index in [0.29, 0.717) is 5.75 Å². The van der Waals surface area contributed by atoms with Crippen molar-refractivity contribution in [3.8, 4) is 5.75 Å². The van der Waals surface area contributed by atoms with E-state index in [-0.39, 0.29) is 0 Å². The highest BCUT2D eigenvalue weighted by atomic mass is 16.3. The molecule has 1 aromatic carbocycles.